The van der Waals surface area contributed by atoms with Crippen LogP contribution in [0.3, 0.4) is 0 Å². The highest BCUT2D eigenvalue weighted by Gasteiger charge is 2.23. The topological polar surface area (TPSA) is 77.9 Å². The molecule has 1 saturated heterocycles. The molecule has 10 heteroatoms. The van der Waals surface area contributed by atoms with E-state index >= 15 is 0 Å². The summed E-state index contributed by atoms with van der Waals surface area (Å²) in [6, 6.07) is 11.7. The minimum atomic E-state index is -2.90. The monoisotopic (exact) mass is 473 g/mol. The van der Waals surface area contributed by atoms with Crippen LogP contribution in [-0.4, -0.2) is 32.4 Å². The smallest absolute Gasteiger partial charge is 0.329 e. The molecule has 180 valence electrons. The fourth-order valence-corrected chi connectivity index (χ4v) is 4.22. The Morgan fingerprint density at radius 2 is 1.79 bits per heavy atom. The summed E-state index contributed by atoms with van der Waals surface area (Å²) >= 11 is 0. The molecule has 2 aromatic heterocycles. The van der Waals surface area contributed by atoms with Gasteiger partial charge in [-0.1, -0.05) is 32.0 Å². The summed E-state index contributed by atoms with van der Waals surface area (Å²) in [5.74, 6) is -1.60. The Bertz CT molecular complexity index is 1320. The van der Waals surface area contributed by atoms with Crippen molar-refractivity contribution in [3.05, 3.63) is 70.2 Å². The lowest BCUT2D eigenvalue weighted by atomic mass is 10.1. The molecule has 0 saturated carbocycles. The van der Waals surface area contributed by atoms with Crippen LogP contribution >= 0.6 is 0 Å². The molecule has 0 atom stereocenters. The van der Waals surface area contributed by atoms with Gasteiger partial charge in [-0.15, -0.1) is 10.2 Å². The Labute approximate surface area is 194 Å². The number of halogens is 3. The van der Waals surface area contributed by atoms with E-state index in [2.05, 4.69) is 15.5 Å². The van der Waals surface area contributed by atoms with E-state index in [0.29, 0.717) is 0 Å². The quantitative estimate of drug-likeness (QED) is 0.445. The summed E-state index contributed by atoms with van der Waals surface area (Å²) in [6.07, 6.45) is -1.20. The molecule has 7 nitrogen and oxygen atoms in total. The molecular formula is C24H26F3N5O2. The van der Waals surface area contributed by atoms with Gasteiger partial charge in [-0.05, 0) is 50.2 Å². The molecule has 0 bridgehead atoms. The van der Waals surface area contributed by atoms with Crippen molar-refractivity contribution in [2.24, 2.45) is 0 Å². The first-order chi connectivity index (χ1) is 16.5. The van der Waals surface area contributed by atoms with E-state index in [-0.39, 0.29) is 35.3 Å². The molecule has 1 N–H and O–H groups in total. The number of imidazole rings is 1. The maximum atomic E-state index is 14.9. The van der Waals surface area contributed by atoms with Gasteiger partial charge in [-0.25, -0.2) is 9.18 Å². The van der Waals surface area contributed by atoms with Gasteiger partial charge >= 0.3 is 12.1 Å². The molecular weight excluding hydrogens is 447 g/mol. The zero-order valence-corrected chi connectivity index (χ0v) is 19.0. The van der Waals surface area contributed by atoms with Gasteiger partial charge in [-0.3, -0.25) is 9.13 Å². The first kappa shape index (κ1) is 23.7. The second-order valence-electron chi connectivity index (χ2n) is 7.76. The number of nitrogens with zero attached hydrogens (tertiary/aromatic N) is 4. The van der Waals surface area contributed by atoms with Gasteiger partial charge in [0.15, 0.2) is 0 Å². The van der Waals surface area contributed by atoms with Crippen molar-refractivity contribution in [1.29, 1.82) is 0 Å². The molecule has 0 unspecified atom stereocenters. The number of fused-ring (bicyclic) bond motifs is 1. The van der Waals surface area contributed by atoms with Crippen LogP contribution in [0.1, 0.15) is 50.6 Å². The molecule has 3 heterocycles. The average molecular weight is 473 g/mol. The number of alkyl halides is 2. The molecule has 34 heavy (non-hydrogen) atoms. The van der Waals surface area contributed by atoms with Gasteiger partial charge in [0.25, 0.3) is 5.89 Å². The molecule has 0 aliphatic carbocycles. The average Bonchev–Trinajstić information content (AvgIpc) is 3.46. The van der Waals surface area contributed by atoms with Crippen LogP contribution in [-0.2, 0) is 6.54 Å². The van der Waals surface area contributed by atoms with E-state index in [4.69, 9.17) is 4.42 Å². The Balaban J connectivity index is 0.00000133. The molecule has 0 spiro atoms. The standard InChI is InChI=1S/C22H20F3N5O2.C2H6/c23-16-11-13(20-27-28-21(32-20)19(24)25)5-6-14(16)12-29-17-3-1-2-4-18(17)30(22(29)31)15-7-9-26-10-8-15;1-2/h1-6,11,15,19,26H,7-10,12H2;1-2H3. The lowest BCUT2D eigenvalue weighted by Gasteiger charge is -2.23. The van der Waals surface area contributed by atoms with Crippen LogP contribution < -0.4 is 11.0 Å². The lowest BCUT2D eigenvalue weighted by Crippen LogP contribution is -2.35. The van der Waals surface area contributed by atoms with Crippen molar-refractivity contribution < 1.29 is 17.6 Å². The second-order valence-corrected chi connectivity index (χ2v) is 7.76. The molecule has 2 aromatic carbocycles. The first-order valence-electron chi connectivity index (χ1n) is 11.3. The highest BCUT2D eigenvalue weighted by Crippen LogP contribution is 2.27. The minimum Gasteiger partial charge on any atom is -0.415 e. The van der Waals surface area contributed by atoms with E-state index in [1.807, 2.05) is 42.7 Å². The van der Waals surface area contributed by atoms with Crippen molar-refractivity contribution in [2.75, 3.05) is 13.1 Å². The molecule has 1 aliphatic heterocycles. The zero-order valence-electron chi connectivity index (χ0n) is 19.0. The maximum absolute atomic E-state index is 14.9. The number of hydrogen-bond acceptors (Lipinski definition) is 5. The van der Waals surface area contributed by atoms with Crippen LogP contribution in [0.25, 0.3) is 22.5 Å². The zero-order chi connectivity index (χ0) is 24.2. The first-order valence-corrected chi connectivity index (χ1v) is 11.3. The number of aromatic nitrogens is 4. The highest BCUT2D eigenvalue weighted by atomic mass is 19.3. The maximum Gasteiger partial charge on any atom is 0.329 e. The van der Waals surface area contributed by atoms with Crippen molar-refractivity contribution in [1.82, 2.24) is 24.6 Å². The van der Waals surface area contributed by atoms with E-state index in [1.54, 1.807) is 4.57 Å². The molecule has 4 aromatic rings. The Kier molecular flexibility index (Phi) is 7.16. The van der Waals surface area contributed by atoms with Gasteiger partial charge in [0.1, 0.15) is 5.82 Å². The number of para-hydroxylation sites is 2. The molecule has 0 amide bonds. The van der Waals surface area contributed by atoms with Crippen LogP contribution in [0.15, 0.2) is 51.7 Å². The third-order valence-corrected chi connectivity index (χ3v) is 5.80. The molecule has 0 radical (unpaired) electrons. The third kappa shape index (κ3) is 4.50. The van der Waals surface area contributed by atoms with Crippen molar-refractivity contribution in [3.63, 3.8) is 0 Å². The molecule has 1 fully saturated rings. The number of piperidine rings is 1. The van der Waals surface area contributed by atoms with Crippen LogP contribution in [0.5, 0.6) is 0 Å². The van der Waals surface area contributed by atoms with Gasteiger partial charge in [0, 0.05) is 17.2 Å². The van der Waals surface area contributed by atoms with E-state index in [1.165, 1.54) is 12.1 Å². The summed E-state index contributed by atoms with van der Waals surface area (Å²) in [6.45, 7) is 5.72. The fraction of sp³-hybridized carbons (Fsp3) is 0.375. The normalized spacial score (nSPS) is 14.4. The van der Waals surface area contributed by atoms with Crippen molar-refractivity contribution in [2.45, 2.75) is 45.7 Å². The number of nitrogens with one attached hydrogen (secondary N) is 1. The fourth-order valence-electron chi connectivity index (χ4n) is 4.22. The van der Waals surface area contributed by atoms with Gasteiger partial charge in [-0.2, -0.15) is 8.78 Å². The molecule has 1 aliphatic rings. The van der Waals surface area contributed by atoms with Crippen LogP contribution in [0.4, 0.5) is 13.2 Å². The van der Waals surface area contributed by atoms with E-state index in [9.17, 15) is 18.0 Å². The van der Waals surface area contributed by atoms with Gasteiger partial charge in [0.05, 0.1) is 17.6 Å². The predicted octanol–water partition coefficient (Wildman–Crippen LogP) is 4.93. The Hall–Kier alpha value is -3.40. The predicted molar refractivity (Wildman–Crippen MR) is 122 cm³/mol. The SMILES string of the molecule is CC.O=c1n(Cc2ccc(-c3nnc(C(F)F)o3)cc2F)c2ccccc2n1C1CCNCC1. The third-order valence-electron chi connectivity index (χ3n) is 5.80. The van der Waals surface area contributed by atoms with Crippen LogP contribution in [0, 0.1) is 5.82 Å². The summed E-state index contributed by atoms with van der Waals surface area (Å²) in [4.78, 5) is 13.3. The Morgan fingerprint density at radius 1 is 1.09 bits per heavy atom. The number of benzene rings is 2. The van der Waals surface area contributed by atoms with Gasteiger partial charge < -0.3 is 9.73 Å². The minimum absolute atomic E-state index is 0.0372. The highest BCUT2D eigenvalue weighted by molar-refractivity contribution is 5.76. The largest absolute Gasteiger partial charge is 0.415 e. The summed E-state index contributed by atoms with van der Waals surface area (Å²) in [7, 11) is 0. The van der Waals surface area contributed by atoms with E-state index < -0.39 is 18.1 Å². The lowest BCUT2D eigenvalue weighted by molar-refractivity contribution is 0.116. The Morgan fingerprint density at radius 3 is 2.44 bits per heavy atom. The summed E-state index contributed by atoms with van der Waals surface area (Å²) < 4.78 is 48.5. The summed E-state index contributed by atoms with van der Waals surface area (Å²) in [5.41, 5.74) is 1.86. The number of rotatable bonds is 5. The van der Waals surface area contributed by atoms with Gasteiger partial charge in [0.2, 0.25) is 5.89 Å². The van der Waals surface area contributed by atoms with E-state index in [0.717, 1.165) is 43.0 Å². The second kappa shape index (κ2) is 10.3. The molecule has 5 rings (SSSR count). The van der Waals surface area contributed by atoms with Crippen molar-refractivity contribution >= 4 is 11.0 Å². The van der Waals surface area contributed by atoms with Crippen molar-refractivity contribution in [3.8, 4) is 11.5 Å². The van der Waals surface area contributed by atoms with Crippen LogP contribution in [0.2, 0.25) is 0 Å². The number of hydrogen-bond donors (Lipinski definition) is 1. The summed E-state index contributed by atoms with van der Waals surface area (Å²) in [5, 5.41) is 10.1.